The summed E-state index contributed by atoms with van der Waals surface area (Å²) in [4.78, 5) is 2.11. The van der Waals surface area contributed by atoms with E-state index in [2.05, 4.69) is 24.1 Å². The normalized spacial score (nSPS) is 27.2. The second kappa shape index (κ2) is 5.41. The Hall–Kier alpha value is -0.220. The number of nitrogens with one attached hydrogen (secondary N) is 1. The molecule has 2 nitrogen and oxygen atoms in total. The molecule has 0 radical (unpaired) electrons. The van der Waals surface area contributed by atoms with Crippen LogP contribution in [0.25, 0.3) is 0 Å². The van der Waals surface area contributed by atoms with Crippen LogP contribution in [0.15, 0.2) is 0 Å². The number of alkyl halides is 2. The molecule has 4 heteroatoms. The van der Waals surface area contributed by atoms with Gasteiger partial charge in [-0.15, -0.1) is 0 Å². The summed E-state index contributed by atoms with van der Waals surface area (Å²) in [7, 11) is 0. The molecule has 1 aliphatic heterocycles. The Morgan fingerprint density at radius 2 is 1.78 bits per heavy atom. The first-order valence-corrected chi connectivity index (χ1v) is 7.34. The summed E-state index contributed by atoms with van der Waals surface area (Å²) in [6, 6.07) is 0. The van der Waals surface area contributed by atoms with Gasteiger partial charge in [-0.25, -0.2) is 8.78 Å². The van der Waals surface area contributed by atoms with Gasteiger partial charge in [0.25, 0.3) is 6.43 Å². The lowest BCUT2D eigenvalue weighted by Crippen LogP contribution is -2.69. The maximum Gasteiger partial charge on any atom is 0.251 e. The molecule has 106 valence electrons. The fourth-order valence-electron chi connectivity index (χ4n) is 3.73. The van der Waals surface area contributed by atoms with E-state index >= 15 is 0 Å². The molecular formula is C14H26F2N2. The van der Waals surface area contributed by atoms with Gasteiger partial charge in [0.1, 0.15) is 0 Å². The molecule has 18 heavy (non-hydrogen) atoms. The molecule has 0 unspecified atom stereocenters. The van der Waals surface area contributed by atoms with Crippen LogP contribution in [-0.4, -0.2) is 42.0 Å². The quantitative estimate of drug-likeness (QED) is 0.836. The van der Waals surface area contributed by atoms with Crippen LogP contribution in [0.3, 0.4) is 0 Å². The molecule has 1 heterocycles. The highest BCUT2D eigenvalue weighted by Gasteiger charge is 2.47. The highest BCUT2D eigenvalue weighted by atomic mass is 19.3. The number of nitrogens with zero attached hydrogens (tertiary/aromatic N) is 1. The van der Waals surface area contributed by atoms with Gasteiger partial charge in [0, 0.05) is 24.2 Å². The second-order valence-electron chi connectivity index (χ2n) is 6.04. The van der Waals surface area contributed by atoms with Crippen LogP contribution in [0.5, 0.6) is 0 Å². The summed E-state index contributed by atoms with van der Waals surface area (Å²) in [6.07, 6.45) is 4.34. The molecule has 1 N–H and O–H groups in total. The van der Waals surface area contributed by atoms with E-state index in [1.165, 1.54) is 12.8 Å². The molecule has 0 aromatic rings. The minimum atomic E-state index is -2.22. The van der Waals surface area contributed by atoms with E-state index in [0.717, 1.165) is 38.8 Å². The minimum Gasteiger partial charge on any atom is -0.308 e. The Morgan fingerprint density at radius 1 is 1.17 bits per heavy atom. The van der Waals surface area contributed by atoms with E-state index in [4.69, 9.17) is 0 Å². The largest absolute Gasteiger partial charge is 0.308 e. The molecule has 0 aromatic carbocycles. The second-order valence-corrected chi connectivity index (χ2v) is 6.04. The van der Waals surface area contributed by atoms with E-state index in [1.807, 2.05) is 0 Å². The highest BCUT2D eigenvalue weighted by Crippen LogP contribution is 2.40. The monoisotopic (exact) mass is 260 g/mol. The van der Waals surface area contributed by atoms with Gasteiger partial charge in [-0.2, -0.15) is 0 Å². The van der Waals surface area contributed by atoms with E-state index in [9.17, 15) is 8.78 Å². The van der Waals surface area contributed by atoms with Gasteiger partial charge in [-0.05, 0) is 25.7 Å². The predicted octanol–water partition coefficient (Wildman–Crippen LogP) is 3.03. The fraction of sp³-hybridized carbons (Fsp3) is 1.00. The van der Waals surface area contributed by atoms with E-state index in [1.54, 1.807) is 0 Å². The van der Waals surface area contributed by atoms with Crippen molar-refractivity contribution in [2.24, 2.45) is 0 Å². The molecule has 2 fully saturated rings. The summed E-state index contributed by atoms with van der Waals surface area (Å²) in [6.45, 7) is 5.93. The number of halogens is 2. The van der Waals surface area contributed by atoms with Crippen molar-refractivity contribution in [3.63, 3.8) is 0 Å². The van der Waals surface area contributed by atoms with Gasteiger partial charge in [0.15, 0.2) is 0 Å². The van der Waals surface area contributed by atoms with Gasteiger partial charge >= 0.3 is 0 Å². The third-order valence-corrected chi connectivity index (χ3v) is 5.20. The lowest BCUT2D eigenvalue weighted by Gasteiger charge is -2.53. The fourth-order valence-corrected chi connectivity index (χ4v) is 3.73. The lowest BCUT2D eigenvalue weighted by molar-refractivity contribution is -0.0324. The molecule has 2 aliphatic rings. The molecule has 1 saturated carbocycles. The van der Waals surface area contributed by atoms with Crippen LogP contribution in [-0.2, 0) is 0 Å². The summed E-state index contributed by atoms with van der Waals surface area (Å²) in [5.74, 6) is 0. The zero-order valence-corrected chi connectivity index (χ0v) is 11.6. The molecule has 1 saturated heterocycles. The molecule has 2 rings (SSSR count). The Labute approximate surface area is 109 Å². The average molecular weight is 260 g/mol. The lowest BCUT2D eigenvalue weighted by atomic mass is 9.82. The van der Waals surface area contributed by atoms with Crippen molar-refractivity contribution in [1.29, 1.82) is 0 Å². The first-order valence-electron chi connectivity index (χ1n) is 7.34. The van der Waals surface area contributed by atoms with Crippen molar-refractivity contribution in [2.75, 3.05) is 19.6 Å². The van der Waals surface area contributed by atoms with Gasteiger partial charge in [-0.3, -0.25) is 4.90 Å². The SMILES string of the molecule is CCC1(CC)CN(CC(F)F)C2(CCCC2)CN1. The number of piperazine rings is 1. The Morgan fingerprint density at radius 3 is 2.28 bits per heavy atom. The van der Waals surface area contributed by atoms with Gasteiger partial charge < -0.3 is 5.32 Å². The third kappa shape index (κ3) is 2.55. The maximum absolute atomic E-state index is 12.9. The maximum atomic E-state index is 12.9. The molecule has 1 spiro atoms. The van der Waals surface area contributed by atoms with E-state index in [-0.39, 0.29) is 17.6 Å². The average Bonchev–Trinajstić information content (AvgIpc) is 2.82. The van der Waals surface area contributed by atoms with Crippen LogP contribution >= 0.6 is 0 Å². The Kier molecular flexibility index (Phi) is 4.27. The summed E-state index contributed by atoms with van der Waals surface area (Å²) < 4.78 is 25.7. The topological polar surface area (TPSA) is 15.3 Å². The summed E-state index contributed by atoms with van der Waals surface area (Å²) in [5.41, 5.74) is 0.0625. The van der Waals surface area contributed by atoms with Crippen molar-refractivity contribution in [2.45, 2.75) is 69.9 Å². The molecule has 0 aromatic heterocycles. The molecule has 0 atom stereocenters. The Bertz CT molecular complexity index is 271. The standard InChI is InChI=1S/C14H26F2N2/c1-3-13(4-2)11-18(9-12(15)16)14(10-17-13)7-5-6-8-14/h12,17H,3-11H2,1-2H3. The molecule has 0 bridgehead atoms. The summed E-state index contributed by atoms with van der Waals surface area (Å²) in [5, 5.41) is 3.68. The van der Waals surface area contributed by atoms with Crippen LogP contribution in [0.4, 0.5) is 8.78 Å². The molecule has 0 amide bonds. The summed E-state index contributed by atoms with van der Waals surface area (Å²) >= 11 is 0. The third-order valence-electron chi connectivity index (χ3n) is 5.20. The highest BCUT2D eigenvalue weighted by molar-refractivity contribution is 5.06. The molecular weight excluding hydrogens is 234 g/mol. The van der Waals surface area contributed by atoms with Crippen LogP contribution in [0.2, 0.25) is 0 Å². The van der Waals surface area contributed by atoms with Crippen molar-refractivity contribution >= 4 is 0 Å². The van der Waals surface area contributed by atoms with Gasteiger partial charge in [-0.1, -0.05) is 26.7 Å². The van der Waals surface area contributed by atoms with Crippen LogP contribution < -0.4 is 5.32 Å². The van der Waals surface area contributed by atoms with Crippen molar-refractivity contribution in [1.82, 2.24) is 10.2 Å². The van der Waals surface area contributed by atoms with Crippen LogP contribution in [0, 0.1) is 0 Å². The van der Waals surface area contributed by atoms with Crippen LogP contribution in [0.1, 0.15) is 52.4 Å². The smallest absolute Gasteiger partial charge is 0.251 e. The van der Waals surface area contributed by atoms with Crippen molar-refractivity contribution in [3.8, 4) is 0 Å². The zero-order chi connectivity index (χ0) is 13.2. The first kappa shape index (κ1) is 14.2. The van der Waals surface area contributed by atoms with E-state index < -0.39 is 6.43 Å². The minimum absolute atomic E-state index is 0.0181. The zero-order valence-electron chi connectivity index (χ0n) is 11.6. The van der Waals surface area contributed by atoms with Crippen molar-refractivity contribution in [3.05, 3.63) is 0 Å². The molecule has 1 aliphatic carbocycles. The number of rotatable bonds is 4. The number of hydrogen-bond donors (Lipinski definition) is 1. The van der Waals surface area contributed by atoms with Crippen molar-refractivity contribution < 1.29 is 8.78 Å². The van der Waals surface area contributed by atoms with E-state index in [0.29, 0.717) is 0 Å². The first-order chi connectivity index (χ1) is 8.56. The number of hydrogen-bond acceptors (Lipinski definition) is 2. The van der Waals surface area contributed by atoms with Gasteiger partial charge in [0.2, 0.25) is 0 Å². The van der Waals surface area contributed by atoms with Gasteiger partial charge in [0.05, 0.1) is 6.54 Å². The predicted molar refractivity (Wildman–Crippen MR) is 70.1 cm³/mol. The Balaban J connectivity index is 2.14.